The molecule has 4 saturated carbocycles. The Bertz CT molecular complexity index is 823. The first-order valence-electron chi connectivity index (χ1n) is 14.3. The number of methoxy groups -OCH3 is 2. The van der Waals surface area contributed by atoms with E-state index in [9.17, 15) is 0 Å². The van der Waals surface area contributed by atoms with Crippen molar-refractivity contribution in [3.05, 3.63) is 0 Å². The Morgan fingerprint density at radius 3 is 2.53 bits per heavy atom. The van der Waals surface area contributed by atoms with Crippen LogP contribution in [0.4, 0.5) is 0 Å². The van der Waals surface area contributed by atoms with Gasteiger partial charge in [-0.25, -0.2) is 0 Å². The molecule has 7 aliphatic rings. The molecule has 4 unspecified atom stereocenters. The van der Waals surface area contributed by atoms with Gasteiger partial charge in [0.2, 0.25) is 0 Å². The van der Waals surface area contributed by atoms with Crippen LogP contribution in [0.25, 0.3) is 0 Å². The van der Waals surface area contributed by atoms with Crippen LogP contribution in [0, 0.1) is 46.3 Å². The van der Waals surface area contributed by atoms with E-state index >= 15 is 0 Å². The van der Waals surface area contributed by atoms with Gasteiger partial charge in [-0.15, -0.1) is 0 Å². The van der Waals surface area contributed by atoms with Crippen molar-refractivity contribution in [2.45, 2.75) is 108 Å². The molecule has 0 aromatic rings. The first-order chi connectivity index (χ1) is 16.3. The van der Waals surface area contributed by atoms with Gasteiger partial charge in [0.25, 0.3) is 0 Å². The van der Waals surface area contributed by atoms with Gasteiger partial charge in [-0.2, -0.15) is 0 Å². The second-order valence-corrected chi connectivity index (χ2v) is 13.9. The van der Waals surface area contributed by atoms with Crippen LogP contribution in [0.2, 0.25) is 0 Å². The molecule has 3 aliphatic heterocycles. The highest BCUT2D eigenvalue weighted by atomic mass is 16.7. The minimum Gasteiger partial charge on any atom is -0.384 e. The zero-order valence-electron chi connectivity index (χ0n) is 22.0. The van der Waals surface area contributed by atoms with E-state index in [-0.39, 0.29) is 11.4 Å². The van der Waals surface area contributed by atoms with Crippen molar-refractivity contribution in [2.75, 3.05) is 27.4 Å². The van der Waals surface area contributed by atoms with E-state index in [1.54, 1.807) is 7.11 Å². The van der Waals surface area contributed by atoms with Gasteiger partial charge >= 0.3 is 0 Å². The van der Waals surface area contributed by atoms with Crippen molar-refractivity contribution in [3.63, 3.8) is 0 Å². The summed E-state index contributed by atoms with van der Waals surface area (Å²) in [5, 5.41) is 0. The number of fused-ring (bicyclic) bond motifs is 6. The van der Waals surface area contributed by atoms with E-state index in [1.807, 2.05) is 7.11 Å². The molecule has 3 heterocycles. The van der Waals surface area contributed by atoms with Crippen molar-refractivity contribution >= 4 is 0 Å². The highest BCUT2D eigenvalue weighted by Gasteiger charge is 2.77. The zero-order valence-corrected chi connectivity index (χ0v) is 22.0. The lowest BCUT2D eigenvalue weighted by atomic mass is 9.44. The second kappa shape index (κ2) is 7.43. The van der Waals surface area contributed by atoms with Crippen LogP contribution < -0.4 is 0 Å². The highest BCUT2D eigenvalue weighted by Crippen LogP contribution is 2.75. The first-order valence-corrected chi connectivity index (χ1v) is 14.3. The molecule has 3 saturated heterocycles. The second-order valence-electron chi connectivity index (χ2n) is 13.9. The fourth-order valence-corrected chi connectivity index (χ4v) is 11.2. The molecule has 192 valence electrons. The minimum absolute atomic E-state index is 0.109. The smallest absolute Gasteiger partial charge is 0.171 e. The number of hydrogen-bond acceptors (Lipinski definition) is 5. The molecular weight excluding hydrogens is 428 g/mol. The Kier molecular flexibility index (Phi) is 5.02. The topological polar surface area (TPSA) is 49.5 Å². The maximum Gasteiger partial charge on any atom is 0.171 e. The van der Waals surface area contributed by atoms with Gasteiger partial charge in [-0.1, -0.05) is 20.8 Å². The molecule has 0 aromatic heterocycles. The third-order valence-electron chi connectivity index (χ3n) is 12.9. The summed E-state index contributed by atoms with van der Waals surface area (Å²) in [5.41, 5.74) is 0.805. The number of ether oxygens (including phenoxy) is 5. The Morgan fingerprint density at radius 2 is 1.79 bits per heavy atom. The standard InChI is InChI=1S/C29H46O5/c1-17-25-23(33-29(17)11-6-18(15-30-4)16-32-29)13-22-20-12-24-28(34-24)14-19(31-5)7-10-27(28,3)21(20)8-9-26(22,25)2/h17-25H,6-16H2,1-5H3/t17-,18?,19?,20+,21-,22-,23-,24?,25-,26-,27+,28?,29+/m0/s1. The highest BCUT2D eigenvalue weighted by molar-refractivity contribution is 5.25. The average Bonchev–Trinajstić information content (AvgIpc) is 3.35. The van der Waals surface area contributed by atoms with Crippen LogP contribution in [0.1, 0.15) is 78.6 Å². The lowest BCUT2D eigenvalue weighted by Crippen LogP contribution is -2.59. The van der Waals surface area contributed by atoms with Crippen LogP contribution in [0.15, 0.2) is 0 Å². The van der Waals surface area contributed by atoms with Crippen molar-refractivity contribution in [2.24, 2.45) is 46.3 Å². The average molecular weight is 475 g/mol. The maximum absolute atomic E-state index is 6.97. The van der Waals surface area contributed by atoms with Crippen molar-refractivity contribution in [1.29, 1.82) is 0 Å². The number of epoxide rings is 1. The van der Waals surface area contributed by atoms with Gasteiger partial charge in [0.15, 0.2) is 5.79 Å². The summed E-state index contributed by atoms with van der Waals surface area (Å²) in [4.78, 5) is 0. The summed E-state index contributed by atoms with van der Waals surface area (Å²) in [6.45, 7) is 9.26. The Labute approximate surface area is 205 Å². The Balaban J connectivity index is 1.12. The summed E-state index contributed by atoms with van der Waals surface area (Å²) in [6, 6.07) is 0. The van der Waals surface area contributed by atoms with Crippen molar-refractivity contribution in [3.8, 4) is 0 Å². The fraction of sp³-hybridized carbons (Fsp3) is 1.00. The van der Waals surface area contributed by atoms with Gasteiger partial charge in [0, 0.05) is 44.3 Å². The third kappa shape index (κ3) is 2.75. The lowest BCUT2D eigenvalue weighted by molar-refractivity contribution is -0.276. The molecule has 2 spiro atoms. The van der Waals surface area contributed by atoms with E-state index in [4.69, 9.17) is 23.7 Å². The molecular formula is C29H46O5. The molecule has 0 bridgehead atoms. The molecule has 0 radical (unpaired) electrons. The third-order valence-corrected chi connectivity index (χ3v) is 12.9. The zero-order chi connectivity index (χ0) is 23.5. The number of hydrogen-bond donors (Lipinski definition) is 0. The van der Waals surface area contributed by atoms with Crippen molar-refractivity contribution < 1.29 is 23.7 Å². The molecule has 0 aromatic carbocycles. The van der Waals surface area contributed by atoms with Crippen LogP contribution in [-0.2, 0) is 23.7 Å². The molecule has 5 heteroatoms. The van der Waals surface area contributed by atoms with E-state index < -0.39 is 0 Å². The Morgan fingerprint density at radius 1 is 0.941 bits per heavy atom. The van der Waals surface area contributed by atoms with E-state index in [2.05, 4.69) is 20.8 Å². The van der Waals surface area contributed by atoms with Gasteiger partial charge in [0.1, 0.15) is 5.60 Å². The molecule has 34 heavy (non-hydrogen) atoms. The van der Waals surface area contributed by atoms with E-state index in [0.717, 1.165) is 50.2 Å². The summed E-state index contributed by atoms with van der Waals surface area (Å²) in [6.07, 6.45) is 12.2. The fourth-order valence-electron chi connectivity index (χ4n) is 11.2. The predicted molar refractivity (Wildman–Crippen MR) is 128 cm³/mol. The monoisotopic (exact) mass is 474 g/mol. The lowest BCUT2D eigenvalue weighted by Gasteiger charge is -2.59. The summed E-state index contributed by atoms with van der Waals surface area (Å²) in [5.74, 6) is 3.62. The quantitative estimate of drug-likeness (QED) is 0.526. The molecule has 13 atom stereocenters. The van der Waals surface area contributed by atoms with Crippen LogP contribution in [0.5, 0.6) is 0 Å². The van der Waals surface area contributed by atoms with Gasteiger partial charge in [-0.3, -0.25) is 0 Å². The SMILES string of the molecule is COCC1CC[C@@]2(OC1)O[C@H]1C[C@H]3[C@@H]4CC5OC56CC(OC)CC[C@]6(C)[C@H]4CC[C@]3(C)[C@H]1[C@@H]2C. The maximum atomic E-state index is 6.97. The largest absolute Gasteiger partial charge is 0.384 e. The van der Waals surface area contributed by atoms with Gasteiger partial charge < -0.3 is 23.7 Å². The normalized spacial score (nSPS) is 61.9. The molecule has 5 nitrogen and oxygen atoms in total. The summed E-state index contributed by atoms with van der Waals surface area (Å²) >= 11 is 0. The predicted octanol–water partition coefficient (Wildman–Crippen LogP) is 5.21. The van der Waals surface area contributed by atoms with Crippen LogP contribution >= 0.6 is 0 Å². The molecule has 4 aliphatic carbocycles. The first kappa shape index (κ1) is 23.0. The molecule has 0 N–H and O–H groups in total. The number of rotatable bonds is 3. The minimum atomic E-state index is -0.351. The summed E-state index contributed by atoms with van der Waals surface area (Å²) in [7, 11) is 3.68. The molecule has 7 fully saturated rings. The van der Waals surface area contributed by atoms with Crippen LogP contribution in [0.3, 0.4) is 0 Å². The van der Waals surface area contributed by atoms with Crippen molar-refractivity contribution in [1.82, 2.24) is 0 Å². The Hall–Kier alpha value is -0.200. The van der Waals surface area contributed by atoms with Gasteiger partial charge in [0.05, 0.1) is 31.5 Å². The summed E-state index contributed by atoms with van der Waals surface area (Å²) < 4.78 is 31.4. The van der Waals surface area contributed by atoms with E-state index in [0.29, 0.717) is 46.9 Å². The van der Waals surface area contributed by atoms with E-state index in [1.165, 1.54) is 38.5 Å². The van der Waals surface area contributed by atoms with Crippen LogP contribution in [-0.4, -0.2) is 57.1 Å². The molecule has 0 amide bonds. The molecule has 7 rings (SSSR count). The van der Waals surface area contributed by atoms with Gasteiger partial charge in [-0.05, 0) is 74.0 Å².